The van der Waals surface area contributed by atoms with Gasteiger partial charge in [-0.25, -0.2) is 4.68 Å². The van der Waals surface area contributed by atoms with Gasteiger partial charge in [0.15, 0.2) is 0 Å². The number of hydrogen-bond donors (Lipinski definition) is 1. The average molecular weight is 221 g/mol. The normalized spacial score (nSPS) is 16.9. The van der Waals surface area contributed by atoms with Crippen molar-refractivity contribution in [2.75, 3.05) is 6.54 Å². The Morgan fingerprint density at radius 3 is 3.19 bits per heavy atom. The van der Waals surface area contributed by atoms with E-state index in [0.717, 1.165) is 43.7 Å². The Labute approximate surface area is 95.7 Å². The van der Waals surface area contributed by atoms with Gasteiger partial charge in [0.1, 0.15) is 0 Å². The molecule has 0 aliphatic carbocycles. The predicted octanol–water partition coefficient (Wildman–Crippen LogP) is 0.935. The van der Waals surface area contributed by atoms with Crippen molar-refractivity contribution in [1.29, 1.82) is 0 Å². The molecule has 4 heteroatoms. The Hall–Kier alpha value is -1.16. The summed E-state index contributed by atoms with van der Waals surface area (Å²) in [6.07, 6.45) is 2.00. The lowest BCUT2D eigenvalue weighted by Crippen LogP contribution is -2.32. The fraction of sp³-hybridized carbons (Fsp3) is 0.667. The van der Waals surface area contributed by atoms with Crippen LogP contribution in [0, 0.1) is 5.92 Å². The molecule has 0 fully saturated rings. The van der Waals surface area contributed by atoms with Gasteiger partial charge in [-0.05, 0) is 11.5 Å². The Bertz CT molecular complexity index is 425. The largest absolute Gasteiger partial charge is 0.312 e. The minimum absolute atomic E-state index is 0.0303. The molecule has 2 rings (SSSR count). The first-order valence-electron chi connectivity index (χ1n) is 6.01. The Balaban J connectivity index is 2.29. The van der Waals surface area contributed by atoms with Crippen LogP contribution < -0.4 is 10.9 Å². The summed E-state index contributed by atoms with van der Waals surface area (Å²) in [4.78, 5) is 11.8. The van der Waals surface area contributed by atoms with Crippen LogP contribution in [0.5, 0.6) is 0 Å². The van der Waals surface area contributed by atoms with Crippen LogP contribution >= 0.6 is 0 Å². The molecule has 16 heavy (non-hydrogen) atoms. The average Bonchev–Trinajstić information content (AvgIpc) is 2.30. The van der Waals surface area contributed by atoms with Crippen LogP contribution in [-0.2, 0) is 19.5 Å². The zero-order chi connectivity index (χ0) is 11.5. The Morgan fingerprint density at radius 1 is 1.62 bits per heavy atom. The monoisotopic (exact) mass is 221 g/mol. The molecule has 1 unspecified atom stereocenters. The molecular formula is C12H19N3O. The van der Waals surface area contributed by atoms with E-state index in [0.29, 0.717) is 5.92 Å². The highest BCUT2D eigenvalue weighted by molar-refractivity contribution is 5.20. The smallest absolute Gasteiger partial charge is 0.267 e. The fourth-order valence-electron chi connectivity index (χ4n) is 1.91. The van der Waals surface area contributed by atoms with Crippen molar-refractivity contribution in [1.82, 2.24) is 15.1 Å². The van der Waals surface area contributed by atoms with Gasteiger partial charge in [0.25, 0.3) is 5.56 Å². The first-order chi connectivity index (χ1) is 7.70. The summed E-state index contributed by atoms with van der Waals surface area (Å²) in [5.74, 6) is 0.505. The van der Waals surface area contributed by atoms with Gasteiger partial charge in [-0.15, -0.1) is 0 Å². The Morgan fingerprint density at radius 2 is 2.44 bits per heavy atom. The number of fused-ring (bicyclic) bond motifs is 1. The second-order valence-electron chi connectivity index (χ2n) is 4.58. The molecule has 1 aliphatic rings. The third-order valence-electron chi connectivity index (χ3n) is 3.20. The summed E-state index contributed by atoms with van der Waals surface area (Å²) in [5.41, 5.74) is 2.18. The van der Waals surface area contributed by atoms with Crippen LogP contribution in [0.3, 0.4) is 0 Å². The molecule has 1 aliphatic heterocycles. The van der Waals surface area contributed by atoms with Crippen LogP contribution in [0.2, 0.25) is 0 Å². The van der Waals surface area contributed by atoms with Gasteiger partial charge < -0.3 is 5.32 Å². The van der Waals surface area contributed by atoms with Crippen molar-refractivity contribution >= 4 is 0 Å². The van der Waals surface area contributed by atoms with Crippen LogP contribution in [0.4, 0.5) is 0 Å². The van der Waals surface area contributed by atoms with Crippen LogP contribution in [0.25, 0.3) is 0 Å². The zero-order valence-electron chi connectivity index (χ0n) is 9.99. The minimum Gasteiger partial charge on any atom is -0.312 e. The topological polar surface area (TPSA) is 46.9 Å². The van der Waals surface area contributed by atoms with Gasteiger partial charge in [0, 0.05) is 32.1 Å². The van der Waals surface area contributed by atoms with E-state index in [1.807, 2.05) is 0 Å². The molecule has 0 amide bonds. The summed E-state index contributed by atoms with van der Waals surface area (Å²) in [6.45, 7) is 6.76. The van der Waals surface area contributed by atoms with Crippen LogP contribution in [0.1, 0.15) is 31.5 Å². The molecule has 4 nitrogen and oxygen atoms in total. The first kappa shape index (κ1) is 11.3. The maximum Gasteiger partial charge on any atom is 0.267 e. The molecular weight excluding hydrogens is 202 g/mol. The van der Waals surface area contributed by atoms with Crippen molar-refractivity contribution in [2.24, 2.45) is 5.92 Å². The van der Waals surface area contributed by atoms with Crippen molar-refractivity contribution in [2.45, 2.75) is 39.8 Å². The lowest BCUT2D eigenvalue weighted by molar-refractivity contribution is 0.415. The van der Waals surface area contributed by atoms with E-state index in [2.05, 4.69) is 24.3 Å². The number of rotatable bonds is 3. The van der Waals surface area contributed by atoms with Crippen LogP contribution in [-0.4, -0.2) is 16.3 Å². The molecule has 1 N–H and O–H groups in total. The number of hydrogen-bond acceptors (Lipinski definition) is 3. The summed E-state index contributed by atoms with van der Waals surface area (Å²) in [6, 6.07) is 1.73. The summed E-state index contributed by atoms with van der Waals surface area (Å²) >= 11 is 0. The van der Waals surface area contributed by atoms with E-state index in [9.17, 15) is 4.79 Å². The molecule has 0 aromatic carbocycles. The highest BCUT2D eigenvalue weighted by Gasteiger charge is 2.13. The fourth-order valence-corrected chi connectivity index (χ4v) is 1.91. The molecule has 0 spiro atoms. The van der Waals surface area contributed by atoms with E-state index in [4.69, 9.17) is 0 Å². The second-order valence-corrected chi connectivity index (χ2v) is 4.58. The molecule has 0 radical (unpaired) electrons. The second kappa shape index (κ2) is 4.78. The highest BCUT2D eigenvalue weighted by atomic mass is 16.1. The molecule has 0 saturated heterocycles. The SMILES string of the molecule is CCC(C)Cn1nc2c(cc1=O)CNCC2. The lowest BCUT2D eigenvalue weighted by Gasteiger charge is -2.18. The number of nitrogens with zero attached hydrogens (tertiary/aromatic N) is 2. The van der Waals surface area contributed by atoms with Crippen molar-refractivity contribution < 1.29 is 0 Å². The highest BCUT2D eigenvalue weighted by Crippen LogP contribution is 2.09. The van der Waals surface area contributed by atoms with E-state index in [1.54, 1.807) is 10.7 Å². The maximum absolute atomic E-state index is 11.8. The standard InChI is InChI=1S/C12H19N3O/c1-3-9(2)8-15-12(16)6-10-7-13-5-4-11(10)14-15/h6,9,13H,3-5,7-8H2,1-2H3. The quantitative estimate of drug-likeness (QED) is 0.826. The van der Waals surface area contributed by atoms with Crippen molar-refractivity contribution in [3.8, 4) is 0 Å². The Kier molecular flexibility index (Phi) is 3.39. The number of aromatic nitrogens is 2. The molecule has 1 aromatic rings. The van der Waals surface area contributed by atoms with E-state index in [-0.39, 0.29) is 5.56 Å². The summed E-state index contributed by atoms with van der Waals surface area (Å²) < 4.78 is 1.62. The van der Waals surface area contributed by atoms with Crippen LogP contribution in [0.15, 0.2) is 10.9 Å². The van der Waals surface area contributed by atoms with Crippen molar-refractivity contribution in [3.05, 3.63) is 27.7 Å². The van der Waals surface area contributed by atoms with Gasteiger partial charge in [0.05, 0.1) is 5.69 Å². The summed E-state index contributed by atoms with van der Waals surface area (Å²) in [5, 5.41) is 7.72. The van der Waals surface area contributed by atoms with Gasteiger partial charge in [-0.1, -0.05) is 20.3 Å². The third kappa shape index (κ3) is 2.32. The van der Waals surface area contributed by atoms with E-state index in [1.165, 1.54) is 0 Å². The van der Waals surface area contributed by atoms with E-state index < -0.39 is 0 Å². The van der Waals surface area contributed by atoms with Gasteiger partial charge in [-0.2, -0.15) is 5.10 Å². The molecule has 0 saturated carbocycles. The summed E-state index contributed by atoms with van der Waals surface area (Å²) in [7, 11) is 0. The zero-order valence-corrected chi connectivity index (χ0v) is 9.99. The molecule has 0 bridgehead atoms. The van der Waals surface area contributed by atoms with Gasteiger partial charge >= 0.3 is 0 Å². The molecule has 1 atom stereocenters. The van der Waals surface area contributed by atoms with Gasteiger partial charge in [0.2, 0.25) is 0 Å². The van der Waals surface area contributed by atoms with E-state index >= 15 is 0 Å². The lowest BCUT2D eigenvalue weighted by atomic mass is 10.1. The third-order valence-corrected chi connectivity index (χ3v) is 3.20. The molecule has 88 valence electrons. The predicted molar refractivity (Wildman–Crippen MR) is 63.4 cm³/mol. The maximum atomic E-state index is 11.8. The van der Waals surface area contributed by atoms with Crippen molar-refractivity contribution in [3.63, 3.8) is 0 Å². The molecule has 2 heterocycles. The first-order valence-corrected chi connectivity index (χ1v) is 6.01. The number of nitrogens with one attached hydrogen (secondary N) is 1. The molecule has 1 aromatic heterocycles. The van der Waals surface area contributed by atoms with Gasteiger partial charge in [-0.3, -0.25) is 4.79 Å². The minimum atomic E-state index is 0.0303.